The first-order valence-electron chi connectivity index (χ1n) is 7.86. The van der Waals surface area contributed by atoms with Crippen LogP contribution in [0.5, 0.6) is 23.0 Å². The number of aromatic hydroxyl groups is 1. The molecular formula is C19H17NO5. The Bertz CT molecular complexity index is 901. The zero-order valence-electron chi connectivity index (χ0n) is 13.9. The SMILES string of the molecule is CN(C)Cc1c(O)ccc2c1O/C(=C/c1ccc3c(c1)OCO3)C2=O. The largest absolute Gasteiger partial charge is 0.507 e. The Morgan fingerprint density at radius 1 is 1.16 bits per heavy atom. The second kappa shape index (κ2) is 5.82. The highest BCUT2D eigenvalue weighted by atomic mass is 16.7. The van der Waals surface area contributed by atoms with Crippen LogP contribution in [0.25, 0.3) is 6.08 Å². The molecule has 1 N–H and O–H groups in total. The summed E-state index contributed by atoms with van der Waals surface area (Å²) in [6.07, 6.45) is 1.67. The number of phenols is 1. The van der Waals surface area contributed by atoms with Gasteiger partial charge in [0.25, 0.3) is 0 Å². The molecule has 6 nitrogen and oxygen atoms in total. The van der Waals surface area contributed by atoms with Gasteiger partial charge >= 0.3 is 0 Å². The van der Waals surface area contributed by atoms with Crippen molar-refractivity contribution in [2.24, 2.45) is 0 Å². The van der Waals surface area contributed by atoms with Crippen LogP contribution in [0.3, 0.4) is 0 Å². The van der Waals surface area contributed by atoms with E-state index in [2.05, 4.69) is 0 Å². The zero-order valence-corrected chi connectivity index (χ0v) is 13.9. The van der Waals surface area contributed by atoms with Crippen molar-refractivity contribution in [1.82, 2.24) is 4.90 Å². The molecule has 2 heterocycles. The molecule has 2 aliphatic heterocycles. The standard InChI is InChI=1S/C19H17NO5/c1-20(2)9-13-14(21)5-4-12-18(22)17(25-19(12)13)8-11-3-6-15-16(7-11)24-10-23-15/h3-8,21H,9-10H2,1-2H3/b17-8+. The Balaban J connectivity index is 1.70. The van der Waals surface area contributed by atoms with Crippen LogP contribution in [0.1, 0.15) is 21.5 Å². The van der Waals surface area contributed by atoms with E-state index in [1.165, 1.54) is 6.07 Å². The van der Waals surface area contributed by atoms with Crippen LogP contribution in [0.4, 0.5) is 0 Å². The van der Waals surface area contributed by atoms with Crippen molar-refractivity contribution in [1.29, 1.82) is 0 Å². The lowest BCUT2D eigenvalue weighted by Crippen LogP contribution is -2.11. The fourth-order valence-corrected chi connectivity index (χ4v) is 2.92. The fraction of sp³-hybridized carbons (Fsp3) is 0.211. The average Bonchev–Trinajstić information content (AvgIpc) is 3.15. The Morgan fingerprint density at radius 3 is 2.76 bits per heavy atom. The lowest BCUT2D eigenvalue weighted by atomic mass is 10.0. The van der Waals surface area contributed by atoms with Gasteiger partial charge in [0.15, 0.2) is 17.3 Å². The molecule has 128 valence electrons. The molecule has 25 heavy (non-hydrogen) atoms. The summed E-state index contributed by atoms with van der Waals surface area (Å²) in [6.45, 7) is 0.670. The quantitative estimate of drug-likeness (QED) is 0.868. The molecule has 0 spiro atoms. The third kappa shape index (κ3) is 2.70. The smallest absolute Gasteiger partial charge is 0.231 e. The molecular weight excluding hydrogens is 322 g/mol. The molecule has 2 aliphatic rings. The van der Waals surface area contributed by atoms with E-state index in [4.69, 9.17) is 14.2 Å². The van der Waals surface area contributed by atoms with Crippen molar-refractivity contribution in [2.75, 3.05) is 20.9 Å². The number of allylic oxidation sites excluding steroid dienone is 1. The van der Waals surface area contributed by atoms with Gasteiger partial charge in [-0.1, -0.05) is 6.07 Å². The van der Waals surface area contributed by atoms with Gasteiger partial charge < -0.3 is 24.2 Å². The van der Waals surface area contributed by atoms with Gasteiger partial charge in [-0.05, 0) is 50.0 Å². The normalized spacial score (nSPS) is 16.4. The summed E-state index contributed by atoms with van der Waals surface area (Å²) in [7, 11) is 3.78. The van der Waals surface area contributed by atoms with Gasteiger partial charge in [0.2, 0.25) is 12.6 Å². The minimum Gasteiger partial charge on any atom is -0.507 e. The Labute approximate surface area is 144 Å². The molecule has 2 aromatic rings. The summed E-state index contributed by atoms with van der Waals surface area (Å²) in [5.74, 6) is 1.88. The molecule has 0 unspecified atom stereocenters. The van der Waals surface area contributed by atoms with Crippen molar-refractivity contribution < 1.29 is 24.1 Å². The highest BCUT2D eigenvalue weighted by molar-refractivity contribution is 6.15. The summed E-state index contributed by atoms with van der Waals surface area (Å²) in [4.78, 5) is 14.5. The monoisotopic (exact) mass is 339 g/mol. The van der Waals surface area contributed by atoms with E-state index >= 15 is 0 Å². The van der Waals surface area contributed by atoms with Gasteiger partial charge in [-0.2, -0.15) is 0 Å². The number of carbonyl (C=O) groups is 1. The van der Waals surface area contributed by atoms with Crippen LogP contribution >= 0.6 is 0 Å². The van der Waals surface area contributed by atoms with Crippen LogP contribution in [0.2, 0.25) is 0 Å². The van der Waals surface area contributed by atoms with Crippen molar-refractivity contribution in [3.8, 4) is 23.0 Å². The van der Waals surface area contributed by atoms with Crippen LogP contribution in [0, 0.1) is 0 Å². The average molecular weight is 339 g/mol. The molecule has 0 aliphatic carbocycles. The highest BCUT2D eigenvalue weighted by Gasteiger charge is 2.31. The van der Waals surface area contributed by atoms with Gasteiger partial charge in [-0.3, -0.25) is 4.79 Å². The molecule has 0 saturated carbocycles. The first kappa shape index (κ1) is 15.5. The molecule has 0 fully saturated rings. The number of ether oxygens (including phenoxy) is 3. The molecule has 0 amide bonds. The molecule has 0 aromatic heterocycles. The van der Waals surface area contributed by atoms with Crippen LogP contribution in [0.15, 0.2) is 36.1 Å². The number of Topliss-reactive ketones (excluding diaryl/α,β-unsaturated/α-hetero) is 1. The predicted octanol–water partition coefficient (Wildman–Crippen LogP) is 2.80. The zero-order chi connectivity index (χ0) is 17.6. The van der Waals surface area contributed by atoms with Crippen molar-refractivity contribution in [3.63, 3.8) is 0 Å². The second-order valence-corrected chi connectivity index (χ2v) is 6.23. The lowest BCUT2D eigenvalue weighted by molar-refractivity contribution is 0.101. The van der Waals surface area contributed by atoms with Crippen molar-refractivity contribution >= 4 is 11.9 Å². The number of hydrogen-bond acceptors (Lipinski definition) is 6. The van der Waals surface area contributed by atoms with Crippen molar-refractivity contribution in [2.45, 2.75) is 6.54 Å². The first-order chi connectivity index (χ1) is 12.0. The summed E-state index contributed by atoms with van der Waals surface area (Å²) in [5.41, 5.74) is 1.84. The summed E-state index contributed by atoms with van der Waals surface area (Å²) in [5, 5.41) is 10.1. The Morgan fingerprint density at radius 2 is 1.96 bits per heavy atom. The van der Waals surface area contributed by atoms with Crippen LogP contribution in [-0.4, -0.2) is 36.7 Å². The maximum atomic E-state index is 12.6. The summed E-state index contributed by atoms with van der Waals surface area (Å²) >= 11 is 0. The maximum absolute atomic E-state index is 12.6. The van der Waals surface area contributed by atoms with Gasteiger partial charge in [0.05, 0.1) is 11.1 Å². The van der Waals surface area contributed by atoms with Gasteiger partial charge in [-0.15, -0.1) is 0 Å². The van der Waals surface area contributed by atoms with E-state index in [9.17, 15) is 9.90 Å². The van der Waals surface area contributed by atoms with Crippen molar-refractivity contribution in [3.05, 3.63) is 52.8 Å². The fourth-order valence-electron chi connectivity index (χ4n) is 2.92. The molecule has 0 radical (unpaired) electrons. The predicted molar refractivity (Wildman–Crippen MR) is 91.0 cm³/mol. The third-order valence-corrected chi connectivity index (χ3v) is 4.08. The lowest BCUT2D eigenvalue weighted by Gasteiger charge is -2.13. The topological polar surface area (TPSA) is 68.2 Å². The first-order valence-corrected chi connectivity index (χ1v) is 7.86. The second-order valence-electron chi connectivity index (χ2n) is 6.23. The van der Waals surface area contributed by atoms with E-state index < -0.39 is 0 Å². The highest BCUT2D eigenvalue weighted by Crippen LogP contribution is 2.40. The van der Waals surface area contributed by atoms with Crippen LogP contribution in [-0.2, 0) is 6.54 Å². The molecule has 0 atom stereocenters. The van der Waals surface area contributed by atoms with E-state index in [0.717, 1.165) is 5.56 Å². The number of ketones is 1. The van der Waals surface area contributed by atoms with Gasteiger partial charge in [0.1, 0.15) is 11.5 Å². The number of benzene rings is 2. The third-order valence-electron chi connectivity index (χ3n) is 4.08. The van der Waals surface area contributed by atoms with Gasteiger partial charge in [0, 0.05) is 6.54 Å². The number of fused-ring (bicyclic) bond motifs is 2. The Hall–Kier alpha value is -2.99. The Kier molecular flexibility index (Phi) is 3.62. The number of hydrogen-bond donors (Lipinski definition) is 1. The van der Waals surface area contributed by atoms with Gasteiger partial charge in [-0.25, -0.2) is 0 Å². The molecule has 2 aromatic carbocycles. The minimum absolute atomic E-state index is 0.115. The molecule has 6 heteroatoms. The number of nitrogens with zero attached hydrogens (tertiary/aromatic N) is 1. The molecule has 4 rings (SSSR count). The van der Waals surface area contributed by atoms with Crippen LogP contribution < -0.4 is 14.2 Å². The summed E-state index contributed by atoms with van der Waals surface area (Å²) in [6, 6.07) is 8.55. The van der Waals surface area contributed by atoms with E-state index in [1.54, 1.807) is 24.3 Å². The van der Waals surface area contributed by atoms with E-state index in [1.807, 2.05) is 25.1 Å². The molecule has 0 bridgehead atoms. The number of carbonyl (C=O) groups excluding carboxylic acids is 1. The maximum Gasteiger partial charge on any atom is 0.231 e. The minimum atomic E-state index is -0.201. The number of phenolic OH excluding ortho intramolecular Hbond substituents is 1. The van der Waals surface area contributed by atoms with E-state index in [-0.39, 0.29) is 24.1 Å². The molecule has 0 saturated heterocycles. The number of rotatable bonds is 3. The van der Waals surface area contributed by atoms with E-state index in [0.29, 0.717) is 34.9 Å². The summed E-state index contributed by atoms with van der Waals surface area (Å²) < 4.78 is 16.5.